The summed E-state index contributed by atoms with van der Waals surface area (Å²) < 4.78 is 6.78. The fraction of sp³-hybridized carbons (Fsp3) is 0.0417. The van der Waals surface area contributed by atoms with E-state index in [1.807, 2.05) is 24.3 Å². The van der Waals surface area contributed by atoms with Crippen LogP contribution in [0.4, 0.5) is 10.8 Å². The van der Waals surface area contributed by atoms with Crippen molar-refractivity contribution < 1.29 is 14.1 Å². The highest BCUT2D eigenvalue weighted by Crippen LogP contribution is 2.44. The molecule has 1 aliphatic rings. The Balaban J connectivity index is 1.65. The Bertz CT molecular complexity index is 1640. The lowest BCUT2D eigenvalue weighted by Gasteiger charge is -2.22. The Hall–Kier alpha value is -4.37. The predicted molar refractivity (Wildman–Crippen MR) is 124 cm³/mol. The largest absolute Gasteiger partial charge is 0.450 e. The molecule has 6 rings (SSSR count). The van der Waals surface area contributed by atoms with Crippen molar-refractivity contribution in [3.8, 4) is 0 Å². The van der Waals surface area contributed by atoms with E-state index in [1.54, 1.807) is 30.3 Å². The van der Waals surface area contributed by atoms with Crippen LogP contribution in [0, 0.1) is 10.1 Å². The number of amides is 1. The second kappa shape index (κ2) is 7.07. The van der Waals surface area contributed by atoms with Crippen LogP contribution in [0.3, 0.4) is 0 Å². The minimum absolute atomic E-state index is 0.0746. The van der Waals surface area contributed by atoms with E-state index in [-0.39, 0.29) is 22.4 Å². The van der Waals surface area contributed by atoms with E-state index < -0.39 is 16.9 Å². The zero-order chi connectivity index (χ0) is 22.7. The number of fused-ring (bicyclic) bond motifs is 3. The number of hydrogen-bond donors (Lipinski definition) is 0. The number of nitro groups is 1. The predicted octanol–water partition coefficient (Wildman–Crippen LogP) is 5.06. The first-order chi connectivity index (χ1) is 16.0. The van der Waals surface area contributed by atoms with Gasteiger partial charge in [-0.25, -0.2) is 4.98 Å². The molecule has 0 unspecified atom stereocenters. The number of thiazole rings is 1. The second-order valence-electron chi connectivity index (χ2n) is 7.56. The summed E-state index contributed by atoms with van der Waals surface area (Å²) in [5.74, 6) is -0.585. The van der Waals surface area contributed by atoms with Gasteiger partial charge >= 0.3 is 0 Å². The van der Waals surface area contributed by atoms with Crippen molar-refractivity contribution in [2.75, 3.05) is 4.90 Å². The highest BCUT2D eigenvalue weighted by molar-refractivity contribution is 7.22. The number of nitrogens with zero attached hydrogens (tertiary/aromatic N) is 3. The molecule has 0 radical (unpaired) electrons. The maximum Gasteiger partial charge on any atom is 0.297 e. The van der Waals surface area contributed by atoms with E-state index in [4.69, 9.17) is 4.42 Å². The fourth-order valence-electron chi connectivity index (χ4n) is 4.20. The van der Waals surface area contributed by atoms with E-state index in [0.717, 1.165) is 4.70 Å². The van der Waals surface area contributed by atoms with E-state index in [1.165, 1.54) is 34.4 Å². The molecule has 0 saturated heterocycles. The quantitative estimate of drug-likeness (QED) is 0.278. The monoisotopic (exact) mass is 455 g/mol. The third-order valence-corrected chi connectivity index (χ3v) is 6.70. The minimum atomic E-state index is -0.909. The highest BCUT2D eigenvalue weighted by Gasteiger charge is 2.45. The summed E-state index contributed by atoms with van der Waals surface area (Å²) in [4.78, 5) is 44.0. The molecular formula is C24H13N3O5S. The molecule has 0 N–H and O–H groups in total. The Morgan fingerprint density at radius 2 is 1.79 bits per heavy atom. The molecule has 9 heteroatoms. The van der Waals surface area contributed by atoms with Crippen LogP contribution in [-0.2, 0) is 0 Å². The van der Waals surface area contributed by atoms with Crippen LogP contribution in [0.5, 0.6) is 0 Å². The molecule has 1 amide bonds. The van der Waals surface area contributed by atoms with Gasteiger partial charge in [0.05, 0.1) is 32.1 Å². The topological polar surface area (TPSA) is 107 Å². The van der Waals surface area contributed by atoms with Gasteiger partial charge in [-0.3, -0.25) is 24.6 Å². The van der Waals surface area contributed by atoms with Crippen LogP contribution < -0.4 is 10.3 Å². The molecule has 5 aromatic rings. The van der Waals surface area contributed by atoms with Gasteiger partial charge in [-0.05, 0) is 29.8 Å². The summed E-state index contributed by atoms with van der Waals surface area (Å²) >= 11 is 1.30. The van der Waals surface area contributed by atoms with E-state index >= 15 is 0 Å². The van der Waals surface area contributed by atoms with Crippen molar-refractivity contribution in [2.24, 2.45) is 0 Å². The zero-order valence-corrected chi connectivity index (χ0v) is 17.6. The molecule has 0 fully saturated rings. The maximum absolute atomic E-state index is 13.6. The Morgan fingerprint density at radius 3 is 2.61 bits per heavy atom. The lowest BCUT2D eigenvalue weighted by molar-refractivity contribution is -0.384. The first kappa shape index (κ1) is 19.3. The molecule has 0 aliphatic carbocycles. The first-order valence-corrected chi connectivity index (χ1v) is 10.8. The Kier molecular flexibility index (Phi) is 4.14. The van der Waals surface area contributed by atoms with Gasteiger partial charge in [0.2, 0.25) is 5.76 Å². The maximum atomic E-state index is 13.6. The minimum Gasteiger partial charge on any atom is -0.450 e. The highest BCUT2D eigenvalue weighted by atomic mass is 32.1. The molecule has 3 heterocycles. The third-order valence-electron chi connectivity index (χ3n) is 5.66. The number of hydrogen-bond acceptors (Lipinski definition) is 7. The molecule has 2 aromatic heterocycles. The molecule has 3 aromatic carbocycles. The summed E-state index contributed by atoms with van der Waals surface area (Å²) in [6.07, 6.45) is 0. The zero-order valence-electron chi connectivity index (χ0n) is 16.8. The number of carbonyl (C=O) groups is 1. The number of rotatable bonds is 3. The van der Waals surface area contributed by atoms with Crippen molar-refractivity contribution in [2.45, 2.75) is 6.04 Å². The van der Waals surface area contributed by atoms with E-state index in [0.29, 0.717) is 27.2 Å². The van der Waals surface area contributed by atoms with Gasteiger partial charge < -0.3 is 4.42 Å². The van der Waals surface area contributed by atoms with Crippen molar-refractivity contribution in [3.05, 3.63) is 110 Å². The van der Waals surface area contributed by atoms with Crippen molar-refractivity contribution in [1.82, 2.24) is 4.98 Å². The average Bonchev–Trinajstić information content (AvgIpc) is 3.38. The molecule has 160 valence electrons. The van der Waals surface area contributed by atoms with Crippen LogP contribution in [0.2, 0.25) is 0 Å². The van der Waals surface area contributed by atoms with Gasteiger partial charge in [-0.15, -0.1) is 0 Å². The molecule has 0 bridgehead atoms. The lowest BCUT2D eigenvalue weighted by Crippen LogP contribution is -2.29. The van der Waals surface area contributed by atoms with Crippen molar-refractivity contribution in [1.29, 1.82) is 0 Å². The number of non-ortho nitro benzene ring substituents is 1. The van der Waals surface area contributed by atoms with Crippen molar-refractivity contribution in [3.63, 3.8) is 0 Å². The second-order valence-corrected chi connectivity index (χ2v) is 8.57. The Morgan fingerprint density at radius 1 is 1.00 bits per heavy atom. The van der Waals surface area contributed by atoms with Crippen LogP contribution >= 0.6 is 11.3 Å². The third kappa shape index (κ3) is 2.86. The van der Waals surface area contributed by atoms with Gasteiger partial charge in [0, 0.05) is 12.1 Å². The summed E-state index contributed by atoms with van der Waals surface area (Å²) in [7, 11) is 0. The fourth-order valence-corrected chi connectivity index (χ4v) is 5.20. The smallest absolute Gasteiger partial charge is 0.297 e. The number of carbonyl (C=O) groups excluding carboxylic acids is 1. The van der Waals surface area contributed by atoms with Gasteiger partial charge in [0.15, 0.2) is 10.6 Å². The van der Waals surface area contributed by atoms with Gasteiger partial charge in [-0.1, -0.05) is 47.7 Å². The molecule has 1 aliphatic heterocycles. The summed E-state index contributed by atoms with van der Waals surface area (Å²) in [6.45, 7) is 0. The first-order valence-electron chi connectivity index (χ1n) is 10.0. The summed E-state index contributed by atoms with van der Waals surface area (Å²) in [5.41, 5.74) is 1.11. The van der Waals surface area contributed by atoms with E-state index in [2.05, 4.69) is 4.98 Å². The van der Waals surface area contributed by atoms with Crippen molar-refractivity contribution >= 4 is 49.2 Å². The molecule has 8 nitrogen and oxygen atoms in total. The molecule has 1 atom stereocenters. The van der Waals surface area contributed by atoms with Gasteiger partial charge in [0.25, 0.3) is 11.6 Å². The summed E-state index contributed by atoms with van der Waals surface area (Å²) in [6, 6.07) is 19.2. The standard InChI is InChI=1S/C24H13N3O5S/c28-21-15-8-1-3-10-17(15)32-22-19(21)20(13-6-5-7-14(12-13)27(30)31)26(23(22)29)24-25-16-9-2-4-11-18(16)33-24/h1-12,20H/t20-/m1/s1. The van der Waals surface area contributed by atoms with Gasteiger partial charge in [-0.2, -0.15) is 0 Å². The number of nitro benzene ring substituents is 1. The number of anilines is 1. The van der Waals surface area contributed by atoms with Crippen LogP contribution in [0.25, 0.3) is 21.2 Å². The Labute approximate surface area is 189 Å². The molecule has 0 saturated carbocycles. The SMILES string of the molecule is O=C1c2oc3ccccc3c(=O)c2[C@@H](c2cccc([N+](=O)[O-])c2)N1c1nc2ccccc2s1. The number of aromatic nitrogens is 1. The lowest BCUT2D eigenvalue weighted by atomic mass is 9.98. The number of para-hydroxylation sites is 2. The summed E-state index contributed by atoms with van der Waals surface area (Å²) in [5, 5.41) is 12.1. The number of benzene rings is 3. The molecule has 0 spiro atoms. The molecule has 33 heavy (non-hydrogen) atoms. The van der Waals surface area contributed by atoms with Crippen LogP contribution in [0.1, 0.15) is 27.7 Å². The van der Waals surface area contributed by atoms with Gasteiger partial charge in [0.1, 0.15) is 5.58 Å². The van der Waals surface area contributed by atoms with E-state index in [9.17, 15) is 19.7 Å². The normalized spacial score (nSPS) is 15.3. The van der Waals surface area contributed by atoms with Crippen LogP contribution in [0.15, 0.2) is 82.0 Å². The van der Waals surface area contributed by atoms with Crippen LogP contribution in [-0.4, -0.2) is 15.8 Å². The average molecular weight is 455 g/mol. The molecular weight excluding hydrogens is 442 g/mol.